The summed E-state index contributed by atoms with van der Waals surface area (Å²) in [4.78, 5) is 2.31. The number of hydrogen-bond acceptors (Lipinski definition) is 2. The van der Waals surface area contributed by atoms with Crippen LogP contribution in [0.5, 0.6) is 5.75 Å². The average molecular weight is 498 g/mol. The molecule has 0 amide bonds. The molecule has 0 N–H and O–H groups in total. The zero-order chi connectivity index (χ0) is 25.7. The van der Waals surface area contributed by atoms with Gasteiger partial charge in [-0.15, -0.1) is 0 Å². The lowest BCUT2D eigenvalue weighted by atomic mass is 9.85. The summed E-state index contributed by atoms with van der Waals surface area (Å²) < 4.78 is 58.5. The Bertz CT molecular complexity index is 1130. The number of ether oxygens (including phenoxy) is 1. The Morgan fingerprint density at radius 1 is 1.00 bits per heavy atom. The van der Waals surface area contributed by atoms with E-state index >= 15 is 0 Å². The highest BCUT2D eigenvalue weighted by Crippen LogP contribution is 2.36. The second-order valence-electron chi connectivity index (χ2n) is 9.36. The zero-order valence-electron chi connectivity index (χ0n) is 20.3. The molecule has 2 nitrogen and oxygen atoms in total. The molecule has 1 aliphatic heterocycles. The highest BCUT2D eigenvalue weighted by Gasteiger charge is 2.34. The Labute approximate surface area is 210 Å². The number of allylic oxidation sites excluding steroid dienone is 1. The van der Waals surface area contributed by atoms with Crippen LogP contribution in [0.3, 0.4) is 0 Å². The van der Waals surface area contributed by atoms with Crippen molar-refractivity contribution >= 4 is 0 Å². The van der Waals surface area contributed by atoms with Gasteiger partial charge >= 0.3 is 6.18 Å². The van der Waals surface area contributed by atoms with Crippen molar-refractivity contribution in [1.29, 1.82) is 0 Å². The van der Waals surface area contributed by atoms with Gasteiger partial charge in [0.1, 0.15) is 17.7 Å². The largest absolute Gasteiger partial charge is 0.490 e. The van der Waals surface area contributed by atoms with Crippen LogP contribution >= 0.6 is 0 Å². The number of rotatable bonds is 8. The quantitative estimate of drug-likeness (QED) is 0.294. The highest BCUT2D eigenvalue weighted by atomic mass is 19.4. The van der Waals surface area contributed by atoms with E-state index in [2.05, 4.69) is 30.5 Å². The van der Waals surface area contributed by atoms with Crippen LogP contribution in [0.25, 0.3) is 0 Å². The first-order chi connectivity index (χ1) is 17.2. The zero-order valence-corrected chi connectivity index (χ0v) is 20.3. The number of likely N-dealkylation sites (tertiary alicyclic amines) is 1. The molecular formula is C30H31F4NO. The van der Waals surface area contributed by atoms with Gasteiger partial charge in [0.25, 0.3) is 0 Å². The van der Waals surface area contributed by atoms with E-state index < -0.39 is 11.7 Å². The second kappa shape index (κ2) is 11.2. The summed E-state index contributed by atoms with van der Waals surface area (Å²) in [5.74, 6) is 0.442. The third-order valence-electron chi connectivity index (χ3n) is 7.01. The van der Waals surface area contributed by atoms with E-state index in [9.17, 15) is 17.6 Å². The number of alkyl halides is 3. The van der Waals surface area contributed by atoms with E-state index in [4.69, 9.17) is 4.74 Å². The Morgan fingerprint density at radius 2 is 1.67 bits per heavy atom. The molecule has 1 heterocycles. The lowest BCUT2D eigenvalue weighted by molar-refractivity contribution is -0.137. The molecule has 1 aliphatic rings. The molecule has 3 unspecified atom stereocenters. The molecule has 6 heteroatoms. The fourth-order valence-electron chi connectivity index (χ4n) is 4.91. The molecule has 0 bridgehead atoms. The molecule has 3 aromatic rings. The second-order valence-corrected chi connectivity index (χ2v) is 9.36. The van der Waals surface area contributed by atoms with Gasteiger partial charge < -0.3 is 9.64 Å². The van der Waals surface area contributed by atoms with Crippen LogP contribution in [0.1, 0.15) is 42.4 Å². The minimum absolute atomic E-state index is 0.0299. The fraction of sp³-hybridized carbons (Fsp3) is 0.333. The minimum atomic E-state index is -4.37. The van der Waals surface area contributed by atoms with Gasteiger partial charge in [0, 0.05) is 37.0 Å². The van der Waals surface area contributed by atoms with Crippen LogP contribution in [0, 0.1) is 11.7 Å². The van der Waals surface area contributed by atoms with Crippen molar-refractivity contribution < 1.29 is 22.3 Å². The lowest BCUT2D eigenvalue weighted by Crippen LogP contribution is -2.44. The van der Waals surface area contributed by atoms with Crippen LogP contribution in [-0.2, 0) is 12.6 Å². The molecule has 3 atom stereocenters. The third kappa shape index (κ3) is 6.28. The first-order valence-electron chi connectivity index (χ1n) is 12.3. The fourth-order valence-corrected chi connectivity index (χ4v) is 4.91. The third-order valence-corrected chi connectivity index (χ3v) is 7.01. The van der Waals surface area contributed by atoms with Crippen molar-refractivity contribution in [3.05, 3.63) is 114 Å². The van der Waals surface area contributed by atoms with E-state index in [1.807, 2.05) is 30.3 Å². The van der Waals surface area contributed by atoms with Crippen molar-refractivity contribution in [2.75, 3.05) is 13.1 Å². The molecule has 0 saturated carbocycles. The SMILES string of the molecule is C=C(C(CC)Cc1ccc(F)cc1)N1CCC(Oc2ccc(C(F)(F)F)cc2)C(c2ccccc2)C1. The molecule has 0 radical (unpaired) electrons. The minimum Gasteiger partial charge on any atom is -0.490 e. The van der Waals surface area contributed by atoms with Crippen molar-refractivity contribution in [3.8, 4) is 5.75 Å². The van der Waals surface area contributed by atoms with Gasteiger partial charge in [0.15, 0.2) is 0 Å². The molecule has 36 heavy (non-hydrogen) atoms. The van der Waals surface area contributed by atoms with Gasteiger partial charge in [0.2, 0.25) is 0 Å². The van der Waals surface area contributed by atoms with Crippen LogP contribution in [-0.4, -0.2) is 24.1 Å². The lowest BCUT2D eigenvalue weighted by Gasteiger charge is -2.42. The van der Waals surface area contributed by atoms with Gasteiger partial charge in [-0.1, -0.05) is 56.0 Å². The highest BCUT2D eigenvalue weighted by molar-refractivity contribution is 5.30. The number of hydrogen-bond donors (Lipinski definition) is 0. The Morgan fingerprint density at radius 3 is 2.28 bits per heavy atom. The summed E-state index contributed by atoms with van der Waals surface area (Å²) >= 11 is 0. The van der Waals surface area contributed by atoms with E-state index in [1.54, 1.807) is 0 Å². The smallest absolute Gasteiger partial charge is 0.416 e. The topological polar surface area (TPSA) is 12.5 Å². The number of nitrogens with zero attached hydrogens (tertiary/aromatic N) is 1. The number of piperidine rings is 1. The van der Waals surface area contributed by atoms with Crippen molar-refractivity contribution in [2.24, 2.45) is 5.92 Å². The van der Waals surface area contributed by atoms with Gasteiger partial charge in [-0.3, -0.25) is 0 Å². The maximum Gasteiger partial charge on any atom is 0.416 e. The first kappa shape index (κ1) is 25.8. The van der Waals surface area contributed by atoms with Gasteiger partial charge in [-0.25, -0.2) is 4.39 Å². The average Bonchev–Trinajstić information content (AvgIpc) is 2.88. The Balaban J connectivity index is 1.50. The van der Waals surface area contributed by atoms with Gasteiger partial charge in [-0.2, -0.15) is 13.2 Å². The summed E-state index contributed by atoms with van der Waals surface area (Å²) in [5.41, 5.74) is 2.56. The molecular weight excluding hydrogens is 466 g/mol. The summed E-state index contributed by atoms with van der Waals surface area (Å²) in [5, 5.41) is 0. The number of halogens is 4. The van der Waals surface area contributed by atoms with Crippen molar-refractivity contribution in [1.82, 2.24) is 4.90 Å². The predicted octanol–water partition coefficient (Wildman–Crippen LogP) is 7.86. The van der Waals surface area contributed by atoms with Gasteiger partial charge in [-0.05, 0) is 60.4 Å². The summed E-state index contributed by atoms with van der Waals surface area (Å²) in [6, 6.07) is 21.6. The van der Waals surface area contributed by atoms with E-state index in [-0.39, 0.29) is 23.8 Å². The molecule has 1 saturated heterocycles. The molecule has 1 fully saturated rings. The predicted molar refractivity (Wildman–Crippen MR) is 134 cm³/mol. The maximum absolute atomic E-state index is 13.3. The van der Waals surface area contributed by atoms with E-state index in [0.717, 1.165) is 48.3 Å². The maximum atomic E-state index is 13.3. The van der Waals surface area contributed by atoms with Crippen molar-refractivity contribution in [3.63, 3.8) is 0 Å². The summed E-state index contributed by atoms with van der Waals surface area (Å²) in [6.07, 6.45) is -2.14. The Kier molecular flexibility index (Phi) is 8.02. The van der Waals surface area contributed by atoms with Crippen LogP contribution < -0.4 is 4.74 Å². The van der Waals surface area contributed by atoms with Crippen LogP contribution in [0.2, 0.25) is 0 Å². The number of benzene rings is 3. The monoisotopic (exact) mass is 497 g/mol. The van der Waals surface area contributed by atoms with Crippen LogP contribution in [0.15, 0.2) is 91.1 Å². The summed E-state index contributed by atoms with van der Waals surface area (Å²) in [6.45, 7) is 8.02. The van der Waals surface area contributed by atoms with Crippen molar-refractivity contribution in [2.45, 2.75) is 44.4 Å². The summed E-state index contributed by atoms with van der Waals surface area (Å²) in [7, 11) is 0. The molecule has 0 aliphatic carbocycles. The normalized spacial score (nSPS) is 19.1. The van der Waals surface area contributed by atoms with Crippen LogP contribution in [0.4, 0.5) is 17.6 Å². The molecule has 190 valence electrons. The molecule has 0 spiro atoms. The Hall–Kier alpha value is -3.28. The molecule has 4 rings (SSSR count). The standard InChI is InChI=1S/C30H31F4NO/c1-3-23(19-22-9-13-26(31)14-10-22)21(2)35-18-17-29(28(20-35)24-7-5-4-6-8-24)36-27-15-11-25(12-16-27)30(32,33)34/h4-16,23,28-29H,2-3,17-20H2,1H3. The van der Waals surface area contributed by atoms with Gasteiger partial charge in [0.05, 0.1) is 5.56 Å². The first-order valence-corrected chi connectivity index (χ1v) is 12.3. The van der Waals surface area contributed by atoms with E-state index in [1.165, 1.54) is 24.3 Å². The molecule has 0 aromatic heterocycles. The van der Waals surface area contributed by atoms with E-state index in [0.29, 0.717) is 18.7 Å². The molecule has 3 aromatic carbocycles.